The molecule has 0 aliphatic heterocycles. The van der Waals surface area contributed by atoms with Gasteiger partial charge in [0.1, 0.15) is 11.6 Å². The number of nitrogens with one attached hydrogen (secondary N) is 2. The van der Waals surface area contributed by atoms with Crippen LogP contribution in [0.3, 0.4) is 0 Å². The number of aryl methyl sites for hydroxylation is 2. The highest BCUT2D eigenvalue weighted by molar-refractivity contribution is 5.91. The molecule has 23 heavy (non-hydrogen) atoms. The minimum atomic E-state index is -0.211. The second kappa shape index (κ2) is 7.63. The number of aromatic nitrogens is 1. The quantitative estimate of drug-likeness (QED) is 0.856. The number of benzene rings is 1. The molecule has 2 N–H and O–H groups in total. The summed E-state index contributed by atoms with van der Waals surface area (Å²) in [5.74, 6) is 1.30. The molecule has 0 radical (unpaired) electrons. The number of carbonyl (C=O) groups excluding carboxylic acids is 1. The second-order valence-corrected chi connectivity index (χ2v) is 5.84. The van der Waals surface area contributed by atoms with Gasteiger partial charge in [-0.1, -0.05) is 12.1 Å². The van der Waals surface area contributed by atoms with Gasteiger partial charge in [-0.2, -0.15) is 0 Å². The van der Waals surface area contributed by atoms with E-state index in [4.69, 9.17) is 4.74 Å². The molecule has 1 heterocycles. The van der Waals surface area contributed by atoms with E-state index in [0.717, 1.165) is 22.7 Å². The van der Waals surface area contributed by atoms with Gasteiger partial charge in [0, 0.05) is 6.04 Å². The van der Waals surface area contributed by atoms with Gasteiger partial charge in [-0.3, -0.25) is 4.79 Å². The fourth-order valence-electron chi connectivity index (χ4n) is 2.05. The summed E-state index contributed by atoms with van der Waals surface area (Å²) in [5, 5.41) is 5.97. The third-order valence-corrected chi connectivity index (χ3v) is 3.19. The summed E-state index contributed by atoms with van der Waals surface area (Å²) < 4.78 is 5.58. The van der Waals surface area contributed by atoms with Gasteiger partial charge in [0.05, 0.1) is 11.9 Å². The predicted octanol–water partition coefficient (Wildman–Crippen LogP) is 3.54. The first-order valence-electron chi connectivity index (χ1n) is 7.66. The highest BCUT2D eigenvalue weighted by atomic mass is 16.5. The molecule has 0 atom stereocenters. The summed E-state index contributed by atoms with van der Waals surface area (Å²) in [6.07, 6.45) is 1.63. The molecule has 1 aromatic heterocycles. The Labute approximate surface area is 137 Å². The molecule has 0 fully saturated rings. The summed E-state index contributed by atoms with van der Waals surface area (Å²) in [5.41, 5.74) is 2.76. The van der Waals surface area contributed by atoms with Crippen LogP contribution in [0.4, 0.5) is 11.5 Å². The summed E-state index contributed by atoms with van der Waals surface area (Å²) >= 11 is 0. The van der Waals surface area contributed by atoms with Gasteiger partial charge in [-0.15, -0.1) is 0 Å². The summed E-state index contributed by atoms with van der Waals surface area (Å²) in [6, 6.07) is 9.88. The smallest absolute Gasteiger partial charge is 0.262 e. The van der Waals surface area contributed by atoms with Crippen LogP contribution in [0, 0.1) is 13.8 Å². The minimum Gasteiger partial charge on any atom is -0.483 e. The van der Waals surface area contributed by atoms with E-state index in [1.165, 1.54) is 0 Å². The highest BCUT2D eigenvalue weighted by Gasteiger charge is 2.06. The fourth-order valence-corrected chi connectivity index (χ4v) is 2.05. The van der Waals surface area contributed by atoms with Crippen LogP contribution in [0.1, 0.15) is 25.0 Å². The molecule has 5 heteroatoms. The van der Waals surface area contributed by atoms with E-state index in [9.17, 15) is 4.79 Å². The van der Waals surface area contributed by atoms with Crippen LogP contribution in [0.5, 0.6) is 5.75 Å². The predicted molar refractivity (Wildman–Crippen MR) is 93.0 cm³/mol. The number of carbonyl (C=O) groups is 1. The van der Waals surface area contributed by atoms with Crippen molar-refractivity contribution in [2.75, 3.05) is 17.2 Å². The maximum atomic E-state index is 12.0. The average Bonchev–Trinajstić information content (AvgIpc) is 2.50. The zero-order chi connectivity index (χ0) is 16.8. The van der Waals surface area contributed by atoms with Gasteiger partial charge in [-0.05, 0) is 57.0 Å². The lowest BCUT2D eigenvalue weighted by Crippen LogP contribution is -2.20. The van der Waals surface area contributed by atoms with Crippen molar-refractivity contribution in [1.82, 2.24) is 4.98 Å². The van der Waals surface area contributed by atoms with Gasteiger partial charge in [0.15, 0.2) is 6.61 Å². The maximum Gasteiger partial charge on any atom is 0.262 e. The number of pyridine rings is 1. The number of amides is 1. The standard InChI is InChI=1S/C18H23N3O2/c1-12(2)20-17-8-7-15(10-19-17)21-18(22)11-23-16-9-13(3)5-6-14(16)4/h5-10,12H,11H2,1-4H3,(H,19,20)(H,21,22). The van der Waals surface area contributed by atoms with E-state index in [-0.39, 0.29) is 12.5 Å². The van der Waals surface area contributed by atoms with Gasteiger partial charge in [-0.25, -0.2) is 4.98 Å². The van der Waals surface area contributed by atoms with E-state index >= 15 is 0 Å². The molecule has 2 rings (SSSR count). The molecule has 0 aliphatic carbocycles. The lowest BCUT2D eigenvalue weighted by molar-refractivity contribution is -0.118. The molecule has 0 saturated carbocycles. The molecule has 122 valence electrons. The van der Waals surface area contributed by atoms with Crippen molar-refractivity contribution in [3.05, 3.63) is 47.7 Å². The van der Waals surface area contributed by atoms with Crippen LogP contribution in [-0.4, -0.2) is 23.5 Å². The van der Waals surface area contributed by atoms with Crippen molar-refractivity contribution in [3.8, 4) is 5.75 Å². The van der Waals surface area contributed by atoms with Crippen molar-refractivity contribution < 1.29 is 9.53 Å². The normalized spacial score (nSPS) is 10.5. The van der Waals surface area contributed by atoms with Gasteiger partial charge >= 0.3 is 0 Å². The molecular formula is C18H23N3O2. The van der Waals surface area contributed by atoms with Crippen LogP contribution < -0.4 is 15.4 Å². The monoisotopic (exact) mass is 313 g/mol. The van der Waals surface area contributed by atoms with E-state index in [2.05, 4.69) is 15.6 Å². The zero-order valence-corrected chi connectivity index (χ0v) is 14.0. The number of rotatable bonds is 6. The van der Waals surface area contributed by atoms with Crippen molar-refractivity contribution in [2.45, 2.75) is 33.7 Å². The molecular weight excluding hydrogens is 290 g/mol. The number of anilines is 2. The summed E-state index contributed by atoms with van der Waals surface area (Å²) in [4.78, 5) is 16.2. The minimum absolute atomic E-state index is 0.0315. The first kappa shape index (κ1) is 16.8. The molecule has 1 aromatic carbocycles. The molecule has 0 aliphatic rings. The molecule has 2 aromatic rings. The fraction of sp³-hybridized carbons (Fsp3) is 0.333. The highest BCUT2D eigenvalue weighted by Crippen LogP contribution is 2.19. The molecule has 0 saturated heterocycles. The van der Waals surface area contributed by atoms with Crippen LogP contribution in [0.25, 0.3) is 0 Å². The van der Waals surface area contributed by atoms with Crippen molar-refractivity contribution >= 4 is 17.4 Å². The van der Waals surface area contributed by atoms with E-state index < -0.39 is 0 Å². The Hall–Kier alpha value is -2.56. The van der Waals surface area contributed by atoms with Crippen LogP contribution in [-0.2, 0) is 4.79 Å². The maximum absolute atomic E-state index is 12.0. The van der Waals surface area contributed by atoms with E-state index in [1.807, 2.05) is 58.0 Å². The van der Waals surface area contributed by atoms with Crippen molar-refractivity contribution in [3.63, 3.8) is 0 Å². The number of hydrogen-bond acceptors (Lipinski definition) is 4. The van der Waals surface area contributed by atoms with E-state index in [1.54, 1.807) is 6.20 Å². The topological polar surface area (TPSA) is 63.2 Å². The van der Waals surface area contributed by atoms with E-state index in [0.29, 0.717) is 11.7 Å². The lowest BCUT2D eigenvalue weighted by Gasteiger charge is -2.11. The Kier molecular flexibility index (Phi) is 5.57. The molecule has 1 amide bonds. The zero-order valence-electron chi connectivity index (χ0n) is 14.0. The average molecular weight is 313 g/mol. The Bertz CT molecular complexity index is 666. The first-order chi connectivity index (χ1) is 10.9. The van der Waals surface area contributed by atoms with Gasteiger partial charge < -0.3 is 15.4 Å². The Morgan fingerprint density at radius 2 is 2.00 bits per heavy atom. The SMILES string of the molecule is Cc1ccc(C)c(OCC(=O)Nc2ccc(NC(C)C)nc2)c1. The molecule has 5 nitrogen and oxygen atoms in total. The van der Waals surface area contributed by atoms with Gasteiger partial charge in [0.2, 0.25) is 0 Å². The number of nitrogens with zero attached hydrogens (tertiary/aromatic N) is 1. The van der Waals surface area contributed by atoms with Crippen LogP contribution in [0.2, 0.25) is 0 Å². The van der Waals surface area contributed by atoms with Crippen LogP contribution in [0.15, 0.2) is 36.5 Å². The Morgan fingerprint density at radius 1 is 1.22 bits per heavy atom. The Morgan fingerprint density at radius 3 is 2.65 bits per heavy atom. The van der Waals surface area contributed by atoms with Crippen LogP contribution >= 0.6 is 0 Å². The third-order valence-electron chi connectivity index (χ3n) is 3.19. The largest absolute Gasteiger partial charge is 0.483 e. The number of hydrogen-bond donors (Lipinski definition) is 2. The lowest BCUT2D eigenvalue weighted by atomic mass is 10.1. The first-order valence-corrected chi connectivity index (χ1v) is 7.66. The molecule has 0 unspecified atom stereocenters. The summed E-state index contributed by atoms with van der Waals surface area (Å²) in [7, 11) is 0. The third kappa shape index (κ3) is 5.29. The Balaban J connectivity index is 1.88. The molecule has 0 spiro atoms. The van der Waals surface area contributed by atoms with Gasteiger partial charge in [0.25, 0.3) is 5.91 Å². The summed E-state index contributed by atoms with van der Waals surface area (Å²) in [6.45, 7) is 8.00. The number of ether oxygens (including phenoxy) is 1. The second-order valence-electron chi connectivity index (χ2n) is 5.84. The van der Waals surface area contributed by atoms with Crippen molar-refractivity contribution in [2.24, 2.45) is 0 Å². The molecule has 0 bridgehead atoms. The van der Waals surface area contributed by atoms with Crippen molar-refractivity contribution in [1.29, 1.82) is 0 Å².